The summed E-state index contributed by atoms with van der Waals surface area (Å²) in [5, 5.41) is 6.38. The standard InChI is InChI=1S/C15H22N2O/c1-11-7-3-4-8-13(11)12(2)17-15(18)14-9-5-6-10-16-14/h3-4,7-8,12,14,16H,5-6,9-10H2,1-2H3,(H,17,18)/t12?,14-/m1/s1. The maximum Gasteiger partial charge on any atom is 0.237 e. The molecule has 1 unspecified atom stereocenters. The number of hydrogen-bond acceptors (Lipinski definition) is 2. The largest absolute Gasteiger partial charge is 0.348 e. The van der Waals surface area contributed by atoms with Crippen molar-refractivity contribution in [2.24, 2.45) is 0 Å². The Bertz CT molecular complexity index is 411. The van der Waals surface area contributed by atoms with Gasteiger partial charge in [0.05, 0.1) is 12.1 Å². The van der Waals surface area contributed by atoms with Crippen LogP contribution in [0.15, 0.2) is 24.3 Å². The molecule has 98 valence electrons. The lowest BCUT2D eigenvalue weighted by Crippen LogP contribution is -2.47. The summed E-state index contributed by atoms with van der Waals surface area (Å²) >= 11 is 0. The number of carbonyl (C=O) groups excluding carboxylic acids is 1. The van der Waals surface area contributed by atoms with Gasteiger partial charge in [-0.25, -0.2) is 0 Å². The molecule has 0 bridgehead atoms. The van der Waals surface area contributed by atoms with Gasteiger partial charge in [-0.2, -0.15) is 0 Å². The Kier molecular flexibility index (Phi) is 4.37. The van der Waals surface area contributed by atoms with E-state index in [0.29, 0.717) is 0 Å². The van der Waals surface area contributed by atoms with Crippen LogP contribution >= 0.6 is 0 Å². The van der Waals surface area contributed by atoms with Crippen LogP contribution in [0.1, 0.15) is 43.4 Å². The van der Waals surface area contributed by atoms with Crippen molar-refractivity contribution in [2.45, 2.75) is 45.2 Å². The molecule has 1 aliphatic rings. The molecule has 0 spiro atoms. The second-order valence-electron chi connectivity index (χ2n) is 5.09. The van der Waals surface area contributed by atoms with E-state index in [4.69, 9.17) is 0 Å². The molecule has 2 rings (SSSR count). The Balaban J connectivity index is 1.96. The van der Waals surface area contributed by atoms with Gasteiger partial charge >= 0.3 is 0 Å². The third-order valence-corrected chi connectivity index (χ3v) is 3.64. The predicted molar refractivity (Wildman–Crippen MR) is 73.4 cm³/mol. The number of amides is 1. The molecule has 3 nitrogen and oxygen atoms in total. The van der Waals surface area contributed by atoms with E-state index in [0.717, 1.165) is 19.4 Å². The normalized spacial score (nSPS) is 21.3. The molecule has 1 fully saturated rings. The van der Waals surface area contributed by atoms with Crippen LogP contribution in [-0.4, -0.2) is 18.5 Å². The molecule has 0 saturated carbocycles. The number of nitrogens with one attached hydrogen (secondary N) is 2. The van der Waals surface area contributed by atoms with Crippen LogP contribution in [0.5, 0.6) is 0 Å². The summed E-state index contributed by atoms with van der Waals surface area (Å²) in [5.74, 6) is 0.130. The van der Waals surface area contributed by atoms with E-state index in [2.05, 4.69) is 29.7 Å². The molecule has 1 amide bonds. The third kappa shape index (κ3) is 3.10. The van der Waals surface area contributed by atoms with E-state index in [9.17, 15) is 4.79 Å². The fourth-order valence-corrected chi connectivity index (χ4v) is 2.54. The number of rotatable bonds is 3. The van der Waals surface area contributed by atoms with Gasteiger partial charge in [-0.1, -0.05) is 30.7 Å². The maximum atomic E-state index is 12.1. The van der Waals surface area contributed by atoms with Gasteiger partial charge in [0, 0.05) is 0 Å². The van der Waals surface area contributed by atoms with Gasteiger partial charge in [-0.05, 0) is 44.4 Å². The summed E-state index contributed by atoms with van der Waals surface area (Å²) in [6.45, 7) is 5.08. The van der Waals surface area contributed by atoms with Crippen molar-refractivity contribution in [3.63, 3.8) is 0 Å². The average molecular weight is 246 g/mol. The summed E-state index contributed by atoms with van der Waals surface area (Å²) in [5.41, 5.74) is 2.42. The highest BCUT2D eigenvalue weighted by Gasteiger charge is 2.22. The van der Waals surface area contributed by atoms with Gasteiger partial charge in [0.15, 0.2) is 0 Å². The van der Waals surface area contributed by atoms with Crippen LogP contribution in [-0.2, 0) is 4.79 Å². The molecule has 0 aromatic heterocycles. The van der Waals surface area contributed by atoms with Crippen molar-refractivity contribution in [1.29, 1.82) is 0 Å². The van der Waals surface area contributed by atoms with Crippen molar-refractivity contribution in [2.75, 3.05) is 6.54 Å². The number of carbonyl (C=O) groups is 1. The van der Waals surface area contributed by atoms with E-state index in [-0.39, 0.29) is 18.0 Å². The van der Waals surface area contributed by atoms with Crippen LogP contribution in [0.2, 0.25) is 0 Å². The van der Waals surface area contributed by atoms with E-state index in [1.165, 1.54) is 17.5 Å². The minimum atomic E-state index is -0.00906. The molecule has 3 heteroatoms. The average Bonchev–Trinajstić information content (AvgIpc) is 2.40. The number of benzene rings is 1. The second-order valence-corrected chi connectivity index (χ2v) is 5.09. The summed E-state index contributed by atoms with van der Waals surface area (Å²) in [7, 11) is 0. The van der Waals surface area contributed by atoms with Crippen molar-refractivity contribution in [3.8, 4) is 0 Å². The highest BCUT2D eigenvalue weighted by Crippen LogP contribution is 2.17. The van der Waals surface area contributed by atoms with Crippen LogP contribution in [0.4, 0.5) is 0 Å². The Labute approximate surface area is 109 Å². The van der Waals surface area contributed by atoms with Crippen molar-refractivity contribution in [1.82, 2.24) is 10.6 Å². The Morgan fingerprint density at radius 2 is 2.17 bits per heavy atom. The molecule has 1 aromatic carbocycles. The first-order valence-electron chi connectivity index (χ1n) is 6.78. The van der Waals surface area contributed by atoms with E-state index in [1.54, 1.807) is 0 Å². The van der Waals surface area contributed by atoms with E-state index in [1.807, 2.05) is 19.1 Å². The van der Waals surface area contributed by atoms with Crippen molar-refractivity contribution in [3.05, 3.63) is 35.4 Å². The molecule has 1 heterocycles. The summed E-state index contributed by atoms with van der Waals surface area (Å²) in [6, 6.07) is 8.26. The minimum absolute atomic E-state index is 0.00906. The number of hydrogen-bond donors (Lipinski definition) is 2. The molecule has 0 aliphatic carbocycles. The SMILES string of the molecule is Cc1ccccc1C(C)NC(=O)[C@H]1CCCCN1. The first-order valence-corrected chi connectivity index (χ1v) is 6.78. The quantitative estimate of drug-likeness (QED) is 0.859. The topological polar surface area (TPSA) is 41.1 Å². The molecule has 1 saturated heterocycles. The zero-order chi connectivity index (χ0) is 13.0. The zero-order valence-corrected chi connectivity index (χ0v) is 11.2. The monoisotopic (exact) mass is 246 g/mol. The van der Waals surface area contributed by atoms with Crippen LogP contribution in [0, 0.1) is 6.92 Å². The second kappa shape index (κ2) is 6.01. The molecule has 2 atom stereocenters. The minimum Gasteiger partial charge on any atom is -0.348 e. The zero-order valence-electron chi connectivity index (χ0n) is 11.2. The van der Waals surface area contributed by atoms with Crippen molar-refractivity contribution < 1.29 is 4.79 Å². The van der Waals surface area contributed by atoms with Crippen LogP contribution < -0.4 is 10.6 Å². The number of piperidine rings is 1. The molecular weight excluding hydrogens is 224 g/mol. The summed E-state index contributed by atoms with van der Waals surface area (Å²) in [6.07, 6.45) is 3.27. The molecular formula is C15H22N2O. The predicted octanol–water partition coefficient (Wildman–Crippen LogP) is 2.31. The Morgan fingerprint density at radius 3 is 2.83 bits per heavy atom. The van der Waals surface area contributed by atoms with Gasteiger partial charge in [0.25, 0.3) is 0 Å². The van der Waals surface area contributed by atoms with Gasteiger partial charge in [-0.3, -0.25) is 4.79 Å². The first kappa shape index (κ1) is 13.1. The van der Waals surface area contributed by atoms with Gasteiger partial charge in [0.1, 0.15) is 0 Å². The number of aryl methyl sites for hydroxylation is 1. The highest BCUT2D eigenvalue weighted by atomic mass is 16.2. The molecule has 0 radical (unpaired) electrons. The van der Waals surface area contributed by atoms with Gasteiger partial charge in [0.2, 0.25) is 5.91 Å². The lowest BCUT2D eigenvalue weighted by molar-refractivity contribution is -0.124. The summed E-state index contributed by atoms with van der Waals surface area (Å²) in [4.78, 5) is 12.1. The molecule has 1 aromatic rings. The lowest BCUT2D eigenvalue weighted by Gasteiger charge is -2.25. The fraction of sp³-hybridized carbons (Fsp3) is 0.533. The van der Waals surface area contributed by atoms with Gasteiger partial charge < -0.3 is 10.6 Å². The van der Waals surface area contributed by atoms with Crippen LogP contribution in [0.25, 0.3) is 0 Å². The van der Waals surface area contributed by atoms with E-state index < -0.39 is 0 Å². The van der Waals surface area contributed by atoms with E-state index >= 15 is 0 Å². The third-order valence-electron chi connectivity index (χ3n) is 3.64. The fourth-order valence-electron chi connectivity index (χ4n) is 2.54. The van der Waals surface area contributed by atoms with Crippen molar-refractivity contribution >= 4 is 5.91 Å². The maximum absolute atomic E-state index is 12.1. The van der Waals surface area contributed by atoms with Crippen LogP contribution in [0.3, 0.4) is 0 Å². The highest BCUT2D eigenvalue weighted by molar-refractivity contribution is 5.82. The smallest absolute Gasteiger partial charge is 0.237 e. The molecule has 1 aliphatic heterocycles. The summed E-state index contributed by atoms with van der Waals surface area (Å²) < 4.78 is 0. The van der Waals surface area contributed by atoms with Gasteiger partial charge in [-0.15, -0.1) is 0 Å². The Morgan fingerprint density at radius 1 is 1.39 bits per heavy atom. The first-order chi connectivity index (χ1) is 8.68. The molecule has 18 heavy (non-hydrogen) atoms. The lowest BCUT2D eigenvalue weighted by atomic mass is 10.0. The molecule has 2 N–H and O–H groups in total. The Hall–Kier alpha value is -1.35.